The number of hydrogen-bond donors (Lipinski definition) is 0. The summed E-state index contributed by atoms with van der Waals surface area (Å²) in [4.78, 5) is 11.9. The smallest absolute Gasteiger partial charge is 0.338 e. The number of rotatable bonds is 9. The summed E-state index contributed by atoms with van der Waals surface area (Å²) in [7, 11) is 0. The molecule has 0 saturated heterocycles. The number of ether oxygens (including phenoxy) is 1. The van der Waals surface area contributed by atoms with Crippen LogP contribution in [-0.4, -0.2) is 12.6 Å². The minimum Gasteiger partial charge on any atom is -0.462 e. The van der Waals surface area contributed by atoms with Crippen LogP contribution < -0.4 is 0 Å². The molecule has 3 atom stereocenters. The van der Waals surface area contributed by atoms with Crippen LogP contribution in [0.1, 0.15) is 64.2 Å². The predicted octanol–water partition coefficient (Wildman–Crippen LogP) is 5.58. The van der Waals surface area contributed by atoms with E-state index in [0.29, 0.717) is 24.0 Å². The third kappa shape index (κ3) is 7.63. The molecule has 0 saturated carbocycles. The number of esters is 1. The summed E-state index contributed by atoms with van der Waals surface area (Å²) in [6.07, 6.45) is 3.67. The minimum atomic E-state index is -0.215. The van der Waals surface area contributed by atoms with Gasteiger partial charge in [0.2, 0.25) is 0 Å². The molecule has 0 bridgehead atoms. The second-order valence-corrected chi connectivity index (χ2v) is 7.38. The molecule has 0 N–H and O–H groups in total. The first kappa shape index (κ1) is 18.7. The van der Waals surface area contributed by atoms with Crippen molar-refractivity contribution in [1.82, 2.24) is 0 Å². The Morgan fingerprint density at radius 1 is 0.864 bits per heavy atom. The number of carbonyl (C=O) groups is 1. The van der Waals surface area contributed by atoms with Gasteiger partial charge in [-0.3, -0.25) is 0 Å². The SMILES string of the molecule is CC(C)CC(C)CC(C)CC(C)COC(=O)c1ccccc1. The van der Waals surface area contributed by atoms with Gasteiger partial charge in [-0.2, -0.15) is 0 Å². The van der Waals surface area contributed by atoms with Gasteiger partial charge < -0.3 is 4.74 Å². The van der Waals surface area contributed by atoms with Gasteiger partial charge in [-0.1, -0.05) is 52.8 Å². The Hall–Kier alpha value is -1.31. The molecule has 0 spiro atoms. The standard InChI is InChI=1S/C20H32O2/c1-15(2)11-16(3)12-17(4)13-18(5)14-22-20(21)19-9-7-6-8-10-19/h6-10,15-18H,11-14H2,1-5H3. The van der Waals surface area contributed by atoms with Crippen LogP contribution in [0.25, 0.3) is 0 Å². The average molecular weight is 304 g/mol. The number of benzene rings is 1. The van der Waals surface area contributed by atoms with E-state index in [0.717, 1.165) is 18.3 Å². The molecule has 1 aromatic carbocycles. The zero-order valence-corrected chi connectivity index (χ0v) is 14.8. The lowest BCUT2D eigenvalue weighted by molar-refractivity contribution is 0.0432. The lowest BCUT2D eigenvalue weighted by atomic mass is 9.86. The van der Waals surface area contributed by atoms with E-state index in [2.05, 4.69) is 34.6 Å². The molecule has 1 rings (SSSR count). The average Bonchev–Trinajstić information content (AvgIpc) is 2.44. The van der Waals surface area contributed by atoms with E-state index in [9.17, 15) is 4.79 Å². The topological polar surface area (TPSA) is 26.3 Å². The first-order chi connectivity index (χ1) is 10.4. The summed E-state index contributed by atoms with van der Waals surface area (Å²) >= 11 is 0. The normalized spacial score (nSPS) is 15.4. The molecule has 2 heteroatoms. The van der Waals surface area contributed by atoms with Gasteiger partial charge in [-0.05, 0) is 55.1 Å². The zero-order valence-electron chi connectivity index (χ0n) is 14.8. The highest BCUT2D eigenvalue weighted by atomic mass is 16.5. The molecule has 0 amide bonds. The number of carbonyl (C=O) groups excluding carboxylic acids is 1. The van der Waals surface area contributed by atoms with Gasteiger partial charge in [0.1, 0.15) is 0 Å². The van der Waals surface area contributed by atoms with Crippen LogP contribution in [-0.2, 0) is 4.74 Å². The van der Waals surface area contributed by atoms with Crippen LogP contribution in [0.2, 0.25) is 0 Å². The summed E-state index contributed by atoms with van der Waals surface area (Å²) in [6.45, 7) is 11.9. The van der Waals surface area contributed by atoms with Crippen LogP contribution in [0.15, 0.2) is 30.3 Å². The summed E-state index contributed by atoms with van der Waals surface area (Å²) in [5.41, 5.74) is 0.633. The van der Waals surface area contributed by atoms with E-state index in [-0.39, 0.29) is 5.97 Å². The predicted molar refractivity (Wildman–Crippen MR) is 92.9 cm³/mol. The second kappa shape index (κ2) is 9.66. The maximum atomic E-state index is 11.9. The van der Waals surface area contributed by atoms with Crippen molar-refractivity contribution in [3.63, 3.8) is 0 Å². The molecule has 2 nitrogen and oxygen atoms in total. The van der Waals surface area contributed by atoms with Crippen molar-refractivity contribution >= 4 is 5.97 Å². The molecule has 0 aliphatic heterocycles. The van der Waals surface area contributed by atoms with Gasteiger partial charge in [0.05, 0.1) is 12.2 Å². The second-order valence-electron chi connectivity index (χ2n) is 7.38. The molecule has 1 aromatic rings. The monoisotopic (exact) mass is 304 g/mol. The van der Waals surface area contributed by atoms with Gasteiger partial charge in [-0.25, -0.2) is 4.79 Å². The van der Waals surface area contributed by atoms with E-state index in [1.807, 2.05) is 18.2 Å². The van der Waals surface area contributed by atoms with E-state index in [1.54, 1.807) is 12.1 Å². The first-order valence-corrected chi connectivity index (χ1v) is 8.60. The highest BCUT2D eigenvalue weighted by Crippen LogP contribution is 2.24. The lowest BCUT2D eigenvalue weighted by Crippen LogP contribution is -2.15. The van der Waals surface area contributed by atoms with Gasteiger partial charge in [0.25, 0.3) is 0 Å². The molecule has 0 heterocycles. The molecule has 0 aliphatic carbocycles. The van der Waals surface area contributed by atoms with Crippen molar-refractivity contribution in [3.8, 4) is 0 Å². The molecule has 0 aliphatic rings. The van der Waals surface area contributed by atoms with E-state index >= 15 is 0 Å². The Morgan fingerprint density at radius 2 is 1.41 bits per heavy atom. The van der Waals surface area contributed by atoms with Crippen LogP contribution in [0, 0.1) is 23.7 Å². The van der Waals surface area contributed by atoms with Crippen LogP contribution >= 0.6 is 0 Å². The molecule has 3 unspecified atom stereocenters. The fourth-order valence-electron chi connectivity index (χ4n) is 3.31. The quantitative estimate of drug-likeness (QED) is 0.557. The number of hydrogen-bond acceptors (Lipinski definition) is 2. The van der Waals surface area contributed by atoms with Gasteiger partial charge >= 0.3 is 5.97 Å². The van der Waals surface area contributed by atoms with E-state index < -0.39 is 0 Å². The maximum Gasteiger partial charge on any atom is 0.338 e. The third-order valence-corrected chi connectivity index (χ3v) is 3.99. The molecule has 124 valence electrons. The minimum absolute atomic E-state index is 0.215. The summed E-state index contributed by atoms with van der Waals surface area (Å²) in [5, 5.41) is 0. The molecule has 0 radical (unpaired) electrons. The Morgan fingerprint density at radius 3 is 2.00 bits per heavy atom. The van der Waals surface area contributed by atoms with Crippen molar-refractivity contribution < 1.29 is 9.53 Å². The zero-order chi connectivity index (χ0) is 16.5. The third-order valence-electron chi connectivity index (χ3n) is 3.99. The van der Waals surface area contributed by atoms with E-state index in [4.69, 9.17) is 4.74 Å². The fourth-order valence-corrected chi connectivity index (χ4v) is 3.31. The van der Waals surface area contributed by atoms with Crippen LogP contribution in [0.5, 0.6) is 0 Å². The Kier molecular flexibility index (Phi) is 8.22. The largest absolute Gasteiger partial charge is 0.462 e. The molecule has 0 fully saturated rings. The molecular weight excluding hydrogens is 272 g/mol. The summed E-state index contributed by atoms with van der Waals surface area (Å²) in [5.74, 6) is 2.42. The summed E-state index contributed by atoms with van der Waals surface area (Å²) in [6, 6.07) is 9.21. The van der Waals surface area contributed by atoms with Crippen molar-refractivity contribution in [2.45, 2.75) is 53.9 Å². The molecule has 22 heavy (non-hydrogen) atoms. The Labute approximate surface area is 136 Å². The molecular formula is C20H32O2. The Balaban J connectivity index is 2.28. The molecule has 0 aromatic heterocycles. The van der Waals surface area contributed by atoms with Gasteiger partial charge in [0.15, 0.2) is 0 Å². The van der Waals surface area contributed by atoms with Crippen molar-refractivity contribution in [2.24, 2.45) is 23.7 Å². The maximum absolute atomic E-state index is 11.9. The lowest BCUT2D eigenvalue weighted by Gasteiger charge is -2.21. The fraction of sp³-hybridized carbons (Fsp3) is 0.650. The van der Waals surface area contributed by atoms with Crippen LogP contribution in [0.3, 0.4) is 0 Å². The highest BCUT2D eigenvalue weighted by molar-refractivity contribution is 5.89. The summed E-state index contributed by atoms with van der Waals surface area (Å²) < 4.78 is 5.42. The van der Waals surface area contributed by atoms with Crippen molar-refractivity contribution in [3.05, 3.63) is 35.9 Å². The van der Waals surface area contributed by atoms with Gasteiger partial charge in [-0.15, -0.1) is 0 Å². The van der Waals surface area contributed by atoms with Crippen molar-refractivity contribution in [1.29, 1.82) is 0 Å². The van der Waals surface area contributed by atoms with Crippen LogP contribution in [0.4, 0.5) is 0 Å². The first-order valence-electron chi connectivity index (χ1n) is 8.60. The van der Waals surface area contributed by atoms with Crippen molar-refractivity contribution in [2.75, 3.05) is 6.61 Å². The van der Waals surface area contributed by atoms with E-state index in [1.165, 1.54) is 12.8 Å². The highest BCUT2D eigenvalue weighted by Gasteiger charge is 2.15. The Bertz CT molecular complexity index is 425. The van der Waals surface area contributed by atoms with Gasteiger partial charge in [0, 0.05) is 0 Å².